The van der Waals surface area contributed by atoms with Crippen molar-refractivity contribution in [2.45, 2.75) is 13.5 Å². The van der Waals surface area contributed by atoms with Crippen molar-refractivity contribution in [2.75, 3.05) is 0 Å². The van der Waals surface area contributed by atoms with E-state index >= 15 is 0 Å². The number of benzene rings is 3. The predicted octanol–water partition coefficient (Wildman–Crippen LogP) is 6.43. The predicted molar refractivity (Wildman–Crippen MR) is 119 cm³/mol. The van der Waals surface area contributed by atoms with Gasteiger partial charge in [0.05, 0.1) is 5.69 Å². The second-order valence-corrected chi connectivity index (χ2v) is 7.71. The van der Waals surface area contributed by atoms with Gasteiger partial charge in [0.1, 0.15) is 12.4 Å². The Balaban J connectivity index is 1.44. The smallest absolute Gasteiger partial charge is 0.278 e. The zero-order chi connectivity index (χ0) is 21.1. The molecule has 0 unspecified atom stereocenters. The fourth-order valence-electron chi connectivity index (χ4n) is 2.94. The van der Waals surface area contributed by atoms with E-state index in [1.54, 1.807) is 30.5 Å². The van der Waals surface area contributed by atoms with Crippen LogP contribution < -0.4 is 4.74 Å². The molecule has 4 rings (SSSR count). The molecule has 150 valence electrons. The van der Waals surface area contributed by atoms with Crippen LogP contribution >= 0.6 is 23.2 Å². The van der Waals surface area contributed by atoms with Crippen molar-refractivity contribution in [3.8, 4) is 17.0 Å². The molecular formula is C24H18Cl2N2O2. The van der Waals surface area contributed by atoms with Crippen LogP contribution in [0.15, 0.2) is 79.0 Å². The maximum absolute atomic E-state index is 12.6. The van der Waals surface area contributed by atoms with Gasteiger partial charge in [0, 0.05) is 32.9 Å². The number of hydrogen-bond donors (Lipinski definition) is 0. The number of aryl methyl sites for hydroxylation is 1. The highest BCUT2D eigenvalue weighted by Gasteiger charge is 2.11. The molecule has 0 aliphatic rings. The Morgan fingerprint density at radius 1 is 0.967 bits per heavy atom. The SMILES string of the molecule is Cc1ccc(C(=O)n2ccc(-c3ccc(OCc4ccc(Cl)cc4Cl)cc3)n2)cc1. The zero-order valence-electron chi connectivity index (χ0n) is 16.2. The maximum atomic E-state index is 12.6. The summed E-state index contributed by atoms with van der Waals surface area (Å²) in [6, 6.07) is 22.1. The van der Waals surface area contributed by atoms with Crippen molar-refractivity contribution in [2.24, 2.45) is 0 Å². The monoisotopic (exact) mass is 436 g/mol. The third kappa shape index (κ3) is 4.56. The number of carbonyl (C=O) groups excluding carboxylic acids is 1. The van der Waals surface area contributed by atoms with E-state index in [0.717, 1.165) is 16.7 Å². The van der Waals surface area contributed by atoms with Gasteiger partial charge in [-0.1, -0.05) is 47.0 Å². The lowest BCUT2D eigenvalue weighted by molar-refractivity contribution is 0.0945. The Bertz CT molecular complexity index is 1180. The highest BCUT2D eigenvalue weighted by atomic mass is 35.5. The Morgan fingerprint density at radius 2 is 1.70 bits per heavy atom. The summed E-state index contributed by atoms with van der Waals surface area (Å²) >= 11 is 12.1. The number of nitrogens with zero attached hydrogens (tertiary/aromatic N) is 2. The second-order valence-electron chi connectivity index (χ2n) is 6.87. The molecule has 4 nitrogen and oxygen atoms in total. The first-order chi connectivity index (χ1) is 14.5. The minimum Gasteiger partial charge on any atom is -0.489 e. The van der Waals surface area contributed by atoms with E-state index in [4.69, 9.17) is 27.9 Å². The summed E-state index contributed by atoms with van der Waals surface area (Å²) in [5.41, 5.74) is 4.16. The van der Waals surface area contributed by atoms with Gasteiger partial charge in [-0.3, -0.25) is 4.79 Å². The van der Waals surface area contributed by atoms with Crippen molar-refractivity contribution in [1.82, 2.24) is 9.78 Å². The van der Waals surface area contributed by atoms with Crippen molar-refractivity contribution < 1.29 is 9.53 Å². The molecule has 3 aromatic carbocycles. The number of carbonyl (C=O) groups is 1. The fourth-order valence-corrected chi connectivity index (χ4v) is 3.40. The Morgan fingerprint density at radius 3 is 2.40 bits per heavy atom. The van der Waals surface area contributed by atoms with Crippen LogP contribution in [0.25, 0.3) is 11.3 Å². The molecule has 0 atom stereocenters. The summed E-state index contributed by atoms with van der Waals surface area (Å²) in [6.07, 6.45) is 1.67. The largest absolute Gasteiger partial charge is 0.489 e. The second kappa shape index (κ2) is 8.74. The van der Waals surface area contributed by atoms with Gasteiger partial charge >= 0.3 is 0 Å². The molecule has 0 bridgehead atoms. The third-order valence-corrected chi connectivity index (χ3v) is 5.24. The van der Waals surface area contributed by atoms with Gasteiger partial charge in [-0.05, 0) is 61.5 Å². The average Bonchev–Trinajstić information content (AvgIpc) is 3.24. The van der Waals surface area contributed by atoms with Crippen LogP contribution in [-0.4, -0.2) is 15.7 Å². The molecule has 30 heavy (non-hydrogen) atoms. The maximum Gasteiger partial charge on any atom is 0.278 e. The molecule has 1 aromatic heterocycles. The van der Waals surface area contributed by atoms with Gasteiger partial charge in [0.2, 0.25) is 0 Å². The molecule has 0 spiro atoms. The molecule has 0 N–H and O–H groups in total. The van der Waals surface area contributed by atoms with Crippen LogP contribution in [-0.2, 0) is 6.61 Å². The summed E-state index contributed by atoms with van der Waals surface area (Å²) in [7, 11) is 0. The lowest BCUT2D eigenvalue weighted by atomic mass is 10.1. The van der Waals surface area contributed by atoms with Crippen molar-refractivity contribution in [3.63, 3.8) is 0 Å². The molecule has 4 aromatic rings. The lowest BCUT2D eigenvalue weighted by Gasteiger charge is -2.08. The Kier molecular flexibility index (Phi) is 5.88. The molecule has 6 heteroatoms. The van der Waals surface area contributed by atoms with Crippen LogP contribution in [0.5, 0.6) is 5.75 Å². The molecule has 0 saturated carbocycles. The number of aromatic nitrogens is 2. The van der Waals surface area contributed by atoms with E-state index in [0.29, 0.717) is 33.7 Å². The van der Waals surface area contributed by atoms with Crippen LogP contribution in [0.1, 0.15) is 21.5 Å². The van der Waals surface area contributed by atoms with Crippen LogP contribution in [0.3, 0.4) is 0 Å². The standard InChI is InChI=1S/C24H18Cl2N2O2/c1-16-2-4-18(5-3-16)24(29)28-13-12-23(27-28)17-7-10-21(11-8-17)30-15-19-6-9-20(25)14-22(19)26/h2-14H,15H2,1H3. The number of halogens is 2. The molecule has 0 aliphatic heterocycles. The molecule has 0 radical (unpaired) electrons. The van der Waals surface area contributed by atoms with Gasteiger partial charge in [-0.2, -0.15) is 5.10 Å². The third-order valence-electron chi connectivity index (χ3n) is 4.66. The normalized spacial score (nSPS) is 10.8. The topological polar surface area (TPSA) is 44.1 Å². The van der Waals surface area contributed by atoms with Gasteiger partial charge in [0.25, 0.3) is 5.91 Å². The molecule has 0 aliphatic carbocycles. The van der Waals surface area contributed by atoms with Crippen molar-refractivity contribution in [3.05, 3.63) is 106 Å². The van der Waals surface area contributed by atoms with Crippen LogP contribution in [0.4, 0.5) is 0 Å². The minimum absolute atomic E-state index is 0.166. The first kappa shape index (κ1) is 20.2. The summed E-state index contributed by atoms with van der Waals surface area (Å²) in [5.74, 6) is 0.543. The minimum atomic E-state index is -0.166. The fraction of sp³-hybridized carbons (Fsp3) is 0.0833. The lowest BCUT2D eigenvalue weighted by Crippen LogP contribution is -2.12. The average molecular weight is 437 g/mol. The summed E-state index contributed by atoms with van der Waals surface area (Å²) in [4.78, 5) is 12.6. The molecule has 0 amide bonds. The highest BCUT2D eigenvalue weighted by Crippen LogP contribution is 2.24. The van der Waals surface area contributed by atoms with Gasteiger partial charge in [-0.15, -0.1) is 0 Å². The molecule has 1 heterocycles. The van der Waals surface area contributed by atoms with Gasteiger partial charge in [-0.25, -0.2) is 4.68 Å². The zero-order valence-corrected chi connectivity index (χ0v) is 17.7. The van der Waals surface area contributed by atoms with E-state index in [1.807, 2.05) is 55.5 Å². The van der Waals surface area contributed by atoms with Crippen LogP contribution in [0, 0.1) is 6.92 Å². The number of rotatable bonds is 5. The van der Waals surface area contributed by atoms with Gasteiger partial charge < -0.3 is 4.74 Å². The van der Waals surface area contributed by atoms with E-state index in [9.17, 15) is 4.79 Å². The highest BCUT2D eigenvalue weighted by molar-refractivity contribution is 6.35. The van der Waals surface area contributed by atoms with E-state index in [-0.39, 0.29) is 5.91 Å². The molecular weight excluding hydrogens is 419 g/mol. The Hall–Kier alpha value is -3.08. The summed E-state index contributed by atoms with van der Waals surface area (Å²) < 4.78 is 7.16. The summed E-state index contributed by atoms with van der Waals surface area (Å²) in [5, 5.41) is 5.58. The van der Waals surface area contributed by atoms with Gasteiger partial charge in [0.15, 0.2) is 0 Å². The van der Waals surface area contributed by atoms with E-state index in [1.165, 1.54) is 4.68 Å². The quantitative estimate of drug-likeness (QED) is 0.361. The number of ether oxygens (including phenoxy) is 1. The van der Waals surface area contributed by atoms with Crippen molar-refractivity contribution >= 4 is 29.1 Å². The first-order valence-electron chi connectivity index (χ1n) is 9.34. The van der Waals surface area contributed by atoms with E-state index < -0.39 is 0 Å². The van der Waals surface area contributed by atoms with Crippen molar-refractivity contribution in [1.29, 1.82) is 0 Å². The first-order valence-corrected chi connectivity index (χ1v) is 10.1. The number of hydrogen-bond acceptors (Lipinski definition) is 3. The molecule has 0 fully saturated rings. The Labute approximate surface area is 184 Å². The van der Waals surface area contributed by atoms with E-state index in [2.05, 4.69) is 5.10 Å². The summed E-state index contributed by atoms with van der Waals surface area (Å²) in [6.45, 7) is 2.33. The molecule has 0 saturated heterocycles. The van der Waals surface area contributed by atoms with Crippen LogP contribution in [0.2, 0.25) is 10.0 Å².